The molecule has 0 aromatic heterocycles. The Hall–Kier alpha value is 0. The molecule has 0 saturated heterocycles. The third-order valence-corrected chi connectivity index (χ3v) is 7.39. The van der Waals surface area contributed by atoms with Crippen molar-refractivity contribution in [1.29, 1.82) is 0 Å². The lowest BCUT2D eigenvalue weighted by Gasteiger charge is -2.42. The second-order valence-electron chi connectivity index (χ2n) is 8.56. The van der Waals surface area contributed by atoms with Gasteiger partial charge in [-0.1, -0.05) is 40.5 Å². The zero-order valence-electron chi connectivity index (χ0n) is 13.0. The fourth-order valence-electron chi connectivity index (χ4n) is 5.82. The van der Waals surface area contributed by atoms with Crippen LogP contribution in [0.5, 0.6) is 0 Å². The lowest BCUT2D eigenvalue weighted by Crippen LogP contribution is -2.32. The van der Waals surface area contributed by atoms with E-state index in [9.17, 15) is 0 Å². The normalized spacial score (nSPS) is 55.3. The Morgan fingerprint density at radius 2 is 1.44 bits per heavy atom. The second-order valence-corrected chi connectivity index (χ2v) is 8.56. The van der Waals surface area contributed by atoms with Crippen LogP contribution < -0.4 is 0 Å². The predicted molar refractivity (Wildman–Crippen MR) is 78.5 cm³/mol. The maximum Gasteiger partial charge on any atom is -0.0323 e. The zero-order chi connectivity index (χ0) is 13.0. The van der Waals surface area contributed by atoms with E-state index in [1.54, 1.807) is 32.1 Å². The van der Waals surface area contributed by atoms with Crippen LogP contribution in [0.4, 0.5) is 0 Å². The number of fused-ring (bicyclic) bond motifs is 5. The molecule has 104 valence electrons. The Labute approximate surface area is 114 Å². The minimum Gasteiger partial charge on any atom is -0.0649 e. The highest BCUT2D eigenvalue weighted by Gasteiger charge is 2.53. The van der Waals surface area contributed by atoms with Crippen LogP contribution in [-0.2, 0) is 0 Å². The lowest BCUT2D eigenvalue weighted by atomic mass is 9.64. The van der Waals surface area contributed by atoms with Gasteiger partial charge >= 0.3 is 0 Å². The Balaban J connectivity index is 1.80. The second kappa shape index (κ2) is 4.25. The van der Waals surface area contributed by atoms with Crippen molar-refractivity contribution in [2.45, 2.75) is 79.1 Å². The van der Waals surface area contributed by atoms with Crippen molar-refractivity contribution in [2.24, 2.45) is 34.5 Å². The van der Waals surface area contributed by atoms with Gasteiger partial charge in [0, 0.05) is 0 Å². The van der Waals surface area contributed by atoms with Crippen LogP contribution in [0.25, 0.3) is 0 Å². The van der Waals surface area contributed by atoms with Crippen molar-refractivity contribution < 1.29 is 0 Å². The van der Waals surface area contributed by atoms with Crippen molar-refractivity contribution in [3.05, 3.63) is 0 Å². The molecule has 3 aliphatic rings. The van der Waals surface area contributed by atoms with E-state index in [2.05, 4.69) is 27.7 Å². The minimum absolute atomic E-state index is 0.682. The molecule has 0 radical (unpaired) electrons. The average molecular weight is 248 g/mol. The smallest absolute Gasteiger partial charge is 0.0323 e. The summed E-state index contributed by atoms with van der Waals surface area (Å²) < 4.78 is 0. The highest BCUT2D eigenvalue weighted by Crippen LogP contribution is 2.63. The van der Waals surface area contributed by atoms with Crippen LogP contribution in [0.15, 0.2) is 0 Å². The summed E-state index contributed by atoms with van der Waals surface area (Å²) in [7, 11) is 0. The largest absolute Gasteiger partial charge is 0.0649 e. The summed E-state index contributed by atoms with van der Waals surface area (Å²) in [5, 5.41) is 0. The molecule has 0 aromatic rings. The van der Waals surface area contributed by atoms with Crippen LogP contribution >= 0.6 is 0 Å². The monoisotopic (exact) mass is 248 g/mol. The van der Waals surface area contributed by atoms with Crippen molar-refractivity contribution in [2.75, 3.05) is 0 Å². The van der Waals surface area contributed by atoms with E-state index in [1.807, 2.05) is 0 Å². The molecule has 2 bridgehead atoms. The molecular formula is C18H32. The van der Waals surface area contributed by atoms with Gasteiger partial charge in [0.05, 0.1) is 0 Å². The summed E-state index contributed by atoms with van der Waals surface area (Å²) in [5.41, 5.74) is 1.37. The maximum atomic E-state index is 2.57. The maximum absolute atomic E-state index is 2.57. The van der Waals surface area contributed by atoms with Crippen LogP contribution in [0, 0.1) is 34.5 Å². The van der Waals surface area contributed by atoms with Crippen molar-refractivity contribution in [1.82, 2.24) is 0 Å². The first-order valence-electron chi connectivity index (χ1n) is 8.49. The SMILES string of the molecule is CCC1(C)CC2CC(C1)C1CC(C)(CC)CCC21. The fourth-order valence-corrected chi connectivity index (χ4v) is 5.82. The van der Waals surface area contributed by atoms with Crippen LogP contribution in [-0.4, -0.2) is 0 Å². The van der Waals surface area contributed by atoms with Gasteiger partial charge in [-0.25, -0.2) is 0 Å². The lowest BCUT2D eigenvalue weighted by molar-refractivity contribution is 0.0867. The third kappa shape index (κ3) is 1.95. The van der Waals surface area contributed by atoms with E-state index in [1.165, 1.54) is 19.3 Å². The van der Waals surface area contributed by atoms with E-state index in [0.29, 0.717) is 10.8 Å². The molecule has 0 aliphatic heterocycles. The summed E-state index contributed by atoms with van der Waals surface area (Å²) in [6.45, 7) is 9.97. The molecule has 18 heavy (non-hydrogen) atoms. The Morgan fingerprint density at radius 1 is 0.833 bits per heavy atom. The predicted octanol–water partition coefficient (Wildman–Crippen LogP) is 5.67. The van der Waals surface area contributed by atoms with E-state index in [-0.39, 0.29) is 0 Å². The summed E-state index contributed by atoms with van der Waals surface area (Å²) >= 11 is 0. The summed E-state index contributed by atoms with van der Waals surface area (Å²) in [6.07, 6.45) is 12.1. The van der Waals surface area contributed by atoms with Gasteiger partial charge in [-0.3, -0.25) is 0 Å². The van der Waals surface area contributed by atoms with Crippen molar-refractivity contribution in [3.8, 4) is 0 Å². The Morgan fingerprint density at radius 3 is 2.06 bits per heavy atom. The average Bonchev–Trinajstić information content (AvgIpc) is 2.61. The highest BCUT2D eigenvalue weighted by atomic mass is 14.6. The molecule has 0 aromatic carbocycles. The molecule has 6 unspecified atom stereocenters. The van der Waals surface area contributed by atoms with Gasteiger partial charge in [-0.2, -0.15) is 0 Å². The molecule has 0 amide bonds. The molecule has 3 rings (SSSR count). The van der Waals surface area contributed by atoms with Gasteiger partial charge in [-0.15, -0.1) is 0 Å². The molecular weight excluding hydrogens is 216 g/mol. The third-order valence-electron chi connectivity index (χ3n) is 7.39. The fraction of sp³-hybridized carbons (Fsp3) is 1.00. The summed E-state index contributed by atoms with van der Waals surface area (Å²) in [5.74, 6) is 4.40. The van der Waals surface area contributed by atoms with Gasteiger partial charge in [0.2, 0.25) is 0 Å². The van der Waals surface area contributed by atoms with Crippen LogP contribution in [0.3, 0.4) is 0 Å². The topological polar surface area (TPSA) is 0 Å². The molecule has 3 fully saturated rings. The van der Waals surface area contributed by atoms with Crippen molar-refractivity contribution >= 4 is 0 Å². The number of hydrogen-bond donors (Lipinski definition) is 0. The van der Waals surface area contributed by atoms with Gasteiger partial charge < -0.3 is 0 Å². The highest BCUT2D eigenvalue weighted by molar-refractivity contribution is 5.03. The summed E-state index contributed by atoms with van der Waals surface area (Å²) in [4.78, 5) is 0. The van der Waals surface area contributed by atoms with Crippen molar-refractivity contribution in [3.63, 3.8) is 0 Å². The Bertz CT molecular complexity index is 320. The standard InChI is InChI=1S/C18H32/c1-5-17(3)8-7-15-13-9-14(16(15)12-17)11-18(4,6-2)10-13/h13-16H,5-12H2,1-4H3. The van der Waals surface area contributed by atoms with Gasteiger partial charge in [0.25, 0.3) is 0 Å². The first-order valence-corrected chi connectivity index (χ1v) is 8.49. The quantitative estimate of drug-likeness (QED) is 0.591. The van der Waals surface area contributed by atoms with E-state index in [0.717, 1.165) is 23.7 Å². The van der Waals surface area contributed by atoms with Crippen LogP contribution in [0.2, 0.25) is 0 Å². The first-order chi connectivity index (χ1) is 8.49. The van der Waals surface area contributed by atoms with Gasteiger partial charge in [0.15, 0.2) is 0 Å². The number of rotatable bonds is 2. The Kier molecular flexibility index (Phi) is 3.07. The molecule has 0 heteroatoms. The molecule has 3 aliphatic carbocycles. The summed E-state index contributed by atoms with van der Waals surface area (Å²) in [6, 6.07) is 0. The van der Waals surface area contributed by atoms with Crippen LogP contribution in [0.1, 0.15) is 79.1 Å². The molecule has 6 atom stereocenters. The molecule has 0 N–H and O–H groups in total. The zero-order valence-corrected chi connectivity index (χ0v) is 13.0. The molecule has 0 nitrogen and oxygen atoms in total. The molecule has 3 saturated carbocycles. The van der Waals surface area contributed by atoms with E-state index >= 15 is 0 Å². The number of hydrogen-bond acceptors (Lipinski definition) is 0. The molecule has 0 spiro atoms. The van der Waals surface area contributed by atoms with E-state index < -0.39 is 0 Å². The van der Waals surface area contributed by atoms with Gasteiger partial charge in [0.1, 0.15) is 0 Å². The first kappa shape index (κ1) is 13.0. The van der Waals surface area contributed by atoms with E-state index in [4.69, 9.17) is 0 Å². The molecule has 0 heterocycles. The van der Waals surface area contributed by atoms with Gasteiger partial charge in [-0.05, 0) is 73.0 Å². The minimum atomic E-state index is 0.682.